The van der Waals surface area contributed by atoms with Gasteiger partial charge in [-0.2, -0.15) is 13.2 Å². The van der Waals surface area contributed by atoms with Gasteiger partial charge in [0.15, 0.2) is 0 Å². The lowest BCUT2D eigenvalue weighted by atomic mass is 9.79. The summed E-state index contributed by atoms with van der Waals surface area (Å²) < 4.78 is 44.8. The minimum absolute atomic E-state index is 0.0945. The number of anilines is 1. The van der Waals surface area contributed by atoms with E-state index in [0.717, 1.165) is 44.4 Å². The molecule has 4 nitrogen and oxygen atoms in total. The fourth-order valence-electron chi connectivity index (χ4n) is 6.24. The van der Waals surface area contributed by atoms with Crippen LogP contribution in [0.15, 0.2) is 54.6 Å². The van der Waals surface area contributed by atoms with E-state index < -0.39 is 17.8 Å². The fourth-order valence-corrected chi connectivity index (χ4v) is 6.24. The van der Waals surface area contributed by atoms with Gasteiger partial charge in [0.05, 0.1) is 5.56 Å². The van der Waals surface area contributed by atoms with Gasteiger partial charge >= 0.3 is 12.3 Å². The highest BCUT2D eigenvalue weighted by molar-refractivity contribution is 5.84. The average molecular weight is 459 g/mol. The lowest BCUT2D eigenvalue weighted by Crippen LogP contribution is -2.55. The first-order valence-electron chi connectivity index (χ1n) is 11.8. The molecule has 2 heterocycles. The highest BCUT2D eigenvalue weighted by Gasteiger charge is 2.52. The standard InChI is InChI=1S/C26H29F3N2O2/c27-26(28,29)19-9-6-10-20(16-19)30-25(32)33-24-15-18-14-21(24)22-11-4-5-12-31(22)23(18)13-17-7-2-1-3-8-17/h1-3,6-10,16,18,21-24H,4-5,11-15H2,(H,30,32)/t18-,21-,22-,23+,24-/m1/s1. The first-order chi connectivity index (χ1) is 15.9. The number of nitrogens with zero attached hydrogens (tertiary/aromatic N) is 1. The van der Waals surface area contributed by atoms with Crippen LogP contribution in [0.4, 0.5) is 23.7 Å². The van der Waals surface area contributed by atoms with Crippen LogP contribution in [-0.4, -0.2) is 35.7 Å². The van der Waals surface area contributed by atoms with Gasteiger partial charge in [0.25, 0.3) is 0 Å². The average Bonchev–Trinajstić information content (AvgIpc) is 3.16. The summed E-state index contributed by atoms with van der Waals surface area (Å²) in [4.78, 5) is 15.3. The molecule has 0 unspecified atom stereocenters. The second-order valence-corrected chi connectivity index (χ2v) is 9.60. The monoisotopic (exact) mass is 458 g/mol. The third-order valence-corrected chi connectivity index (χ3v) is 7.63. The van der Waals surface area contributed by atoms with Crippen molar-refractivity contribution in [3.8, 4) is 0 Å². The normalized spacial score (nSPS) is 29.4. The van der Waals surface area contributed by atoms with Gasteiger partial charge < -0.3 is 4.74 Å². The molecular formula is C26H29F3N2O2. The number of hydrogen-bond donors (Lipinski definition) is 1. The van der Waals surface area contributed by atoms with Crippen molar-refractivity contribution < 1.29 is 22.7 Å². The summed E-state index contributed by atoms with van der Waals surface area (Å²) in [5, 5.41) is 2.51. The summed E-state index contributed by atoms with van der Waals surface area (Å²) in [7, 11) is 0. The quantitative estimate of drug-likeness (QED) is 0.599. The number of benzene rings is 2. The van der Waals surface area contributed by atoms with Crippen molar-refractivity contribution in [2.45, 2.75) is 62.9 Å². The predicted octanol–water partition coefficient (Wildman–Crippen LogP) is 6.13. The molecule has 0 spiro atoms. The minimum Gasteiger partial charge on any atom is -0.446 e. The topological polar surface area (TPSA) is 41.6 Å². The van der Waals surface area contributed by atoms with Gasteiger partial charge in [0.2, 0.25) is 0 Å². The molecule has 7 heteroatoms. The molecular weight excluding hydrogens is 429 g/mol. The third-order valence-electron chi connectivity index (χ3n) is 7.63. The first-order valence-corrected chi connectivity index (χ1v) is 11.8. The van der Waals surface area contributed by atoms with E-state index in [1.807, 2.05) is 6.07 Å². The van der Waals surface area contributed by atoms with Gasteiger partial charge in [-0.1, -0.05) is 42.8 Å². The summed E-state index contributed by atoms with van der Waals surface area (Å²) in [6.45, 7) is 1.08. The second kappa shape index (κ2) is 9.01. The molecule has 2 saturated heterocycles. The number of carbonyl (C=O) groups excluding carboxylic acids is 1. The number of nitrogens with one attached hydrogen (secondary N) is 1. The van der Waals surface area contributed by atoms with E-state index in [1.165, 1.54) is 30.5 Å². The maximum absolute atomic E-state index is 13.0. The smallest absolute Gasteiger partial charge is 0.416 e. The van der Waals surface area contributed by atoms with Gasteiger partial charge in [-0.25, -0.2) is 4.79 Å². The Hall–Kier alpha value is -2.54. The van der Waals surface area contributed by atoms with E-state index in [1.54, 1.807) is 0 Å². The first kappa shape index (κ1) is 22.3. The zero-order chi connectivity index (χ0) is 23.0. The largest absolute Gasteiger partial charge is 0.446 e. The number of rotatable bonds is 4. The summed E-state index contributed by atoms with van der Waals surface area (Å²) >= 11 is 0. The van der Waals surface area contributed by atoms with Gasteiger partial charge in [0.1, 0.15) is 6.10 Å². The Labute approximate surface area is 192 Å². The Morgan fingerprint density at radius 2 is 1.88 bits per heavy atom. The van der Waals surface area contributed by atoms with E-state index in [-0.39, 0.29) is 17.7 Å². The van der Waals surface area contributed by atoms with Gasteiger partial charge in [-0.3, -0.25) is 10.2 Å². The summed E-state index contributed by atoms with van der Waals surface area (Å²) in [6.07, 6.45) is 1.01. The summed E-state index contributed by atoms with van der Waals surface area (Å²) in [5.41, 5.74) is 0.632. The maximum atomic E-state index is 13.0. The van der Waals surface area contributed by atoms with Crippen molar-refractivity contribution in [2.24, 2.45) is 11.8 Å². The van der Waals surface area contributed by atoms with Gasteiger partial charge in [-0.05, 0) is 68.3 Å². The molecule has 33 heavy (non-hydrogen) atoms. The van der Waals surface area contributed by atoms with Crippen LogP contribution in [0.25, 0.3) is 0 Å². The molecule has 2 aromatic carbocycles. The molecule has 3 aliphatic rings. The molecule has 176 valence electrons. The van der Waals surface area contributed by atoms with Crippen molar-refractivity contribution in [1.29, 1.82) is 0 Å². The maximum Gasteiger partial charge on any atom is 0.416 e. The number of alkyl halides is 3. The fraction of sp³-hybridized carbons (Fsp3) is 0.500. The van der Waals surface area contributed by atoms with E-state index in [4.69, 9.17) is 4.74 Å². The number of piperidine rings is 2. The van der Waals surface area contributed by atoms with Crippen molar-refractivity contribution in [2.75, 3.05) is 11.9 Å². The van der Waals surface area contributed by atoms with Crippen LogP contribution < -0.4 is 5.32 Å². The Kier molecular flexibility index (Phi) is 6.08. The van der Waals surface area contributed by atoms with Crippen LogP contribution in [0.3, 0.4) is 0 Å². The predicted molar refractivity (Wildman–Crippen MR) is 120 cm³/mol. The summed E-state index contributed by atoms with van der Waals surface area (Å²) in [6, 6.07) is 16.0. The van der Waals surface area contributed by atoms with Crippen molar-refractivity contribution in [3.05, 3.63) is 65.7 Å². The van der Waals surface area contributed by atoms with Gasteiger partial charge in [-0.15, -0.1) is 0 Å². The lowest BCUT2D eigenvalue weighted by molar-refractivity contribution is -0.137. The number of fused-ring (bicyclic) bond motifs is 4. The molecule has 5 atom stereocenters. The zero-order valence-corrected chi connectivity index (χ0v) is 18.4. The number of hydrogen-bond acceptors (Lipinski definition) is 3. The Morgan fingerprint density at radius 3 is 2.67 bits per heavy atom. The van der Waals surface area contributed by atoms with Crippen LogP contribution in [-0.2, 0) is 17.3 Å². The van der Waals surface area contributed by atoms with E-state index in [0.29, 0.717) is 18.0 Å². The van der Waals surface area contributed by atoms with Gasteiger partial charge in [0, 0.05) is 23.7 Å². The van der Waals surface area contributed by atoms with Crippen molar-refractivity contribution in [1.82, 2.24) is 4.90 Å². The molecule has 2 aromatic rings. The van der Waals surface area contributed by atoms with Crippen LogP contribution in [0.5, 0.6) is 0 Å². The molecule has 1 saturated carbocycles. The molecule has 0 radical (unpaired) electrons. The second-order valence-electron chi connectivity index (χ2n) is 9.60. The lowest BCUT2D eigenvalue weighted by Gasteiger charge is -2.49. The van der Waals surface area contributed by atoms with Crippen molar-refractivity contribution >= 4 is 11.8 Å². The SMILES string of the molecule is O=C(Nc1cccc(C(F)(F)F)c1)O[C@@H]1C[C@H]2C[C@@H]1[C@H]1CCCCN1[C@H]2Cc1ccccc1. The molecule has 2 aliphatic heterocycles. The molecule has 5 rings (SSSR count). The van der Waals surface area contributed by atoms with E-state index >= 15 is 0 Å². The summed E-state index contributed by atoms with van der Waals surface area (Å²) in [5.74, 6) is 0.741. The van der Waals surface area contributed by atoms with E-state index in [9.17, 15) is 18.0 Å². The minimum atomic E-state index is -4.46. The number of halogens is 3. The Morgan fingerprint density at radius 1 is 1.06 bits per heavy atom. The molecule has 2 bridgehead atoms. The van der Waals surface area contributed by atoms with Crippen LogP contribution in [0.1, 0.15) is 43.2 Å². The highest BCUT2D eigenvalue weighted by Crippen LogP contribution is 2.49. The number of carbonyl (C=O) groups is 1. The van der Waals surface area contributed by atoms with Crippen LogP contribution in [0.2, 0.25) is 0 Å². The molecule has 3 fully saturated rings. The highest BCUT2D eigenvalue weighted by atomic mass is 19.4. The van der Waals surface area contributed by atoms with E-state index in [2.05, 4.69) is 34.5 Å². The Balaban J connectivity index is 1.28. The van der Waals surface area contributed by atoms with Crippen molar-refractivity contribution in [3.63, 3.8) is 0 Å². The third kappa shape index (κ3) is 4.74. The molecule has 0 aromatic heterocycles. The van der Waals surface area contributed by atoms with Crippen LogP contribution >= 0.6 is 0 Å². The zero-order valence-electron chi connectivity index (χ0n) is 18.4. The number of amides is 1. The molecule has 1 N–H and O–H groups in total. The van der Waals surface area contributed by atoms with Crippen LogP contribution in [0, 0.1) is 11.8 Å². The Bertz CT molecular complexity index is 981. The molecule has 1 aliphatic carbocycles. The number of ether oxygens (including phenoxy) is 1. The molecule has 1 amide bonds.